The van der Waals surface area contributed by atoms with Gasteiger partial charge in [-0.15, -0.1) is 11.3 Å². The Hall–Kier alpha value is -5.58. The van der Waals surface area contributed by atoms with Gasteiger partial charge in [-0.05, 0) is 41.8 Å². The van der Waals surface area contributed by atoms with Gasteiger partial charge in [-0.1, -0.05) is 115 Å². The van der Waals surface area contributed by atoms with Gasteiger partial charge in [-0.25, -0.2) is 9.97 Å². The first-order chi connectivity index (χ1) is 21.8. The SMILES string of the molecule is c1ccc(-c2cc(-c3ccccc3)nc(-c3ccc(-n4c5c6ccccc6ccc5c5sc6ccccc6c54)cc3)n2)cc1. The van der Waals surface area contributed by atoms with Crippen LogP contribution in [-0.2, 0) is 0 Å². The second kappa shape index (κ2) is 10.0. The summed E-state index contributed by atoms with van der Waals surface area (Å²) in [6.45, 7) is 0. The van der Waals surface area contributed by atoms with Gasteiger partial charge < -0.3 is 4.57 Å². The minimum Gasteiger partial charge on any atom is -0.307 e. The van der Waals surface area contributed by atoms with Gasteiger partial charge in [-0.3, -0.25) is 0 Å². The highest BCUT2D eigenvalue weighted by molar-refractivity contribution is 7.26. The van der Waals surface area contributed by atoms with E-state index in [1.807, 2.05) is 47.7 Å². The number of hydrogen-bond donors (Lipinski definition) is 0. The summed E-state index contributed by atoms with van der Waals surface area (Å²) in [5.74, 6) is 0.714. The number of hydrogen-bond acceptors (Lipinski definition) is 3. The molecule has 0 aliphatic heterocycles. The van der Waals surface area contributed by atoms with Crippen molar-refractivity contribution in [2.45, 2.75) is 0 Å². The molecule has 0 N–H and O–H groups in total. The number of aromatic nitrogens is 3. The molecule has 0 spiro atoms. The van der Waals surface area contributed by atoms with E-state index >= 15 is 0 Å². The topological polar surface area (TPSA) is 30.7 Å². The Morgan fingerprint density at radius 2 is 1.07 bits per heavy atom. The molecular formula is C40H25N3S. The first kappa shape index (κ1) is 25.0. The fourth-order valence-corrected chi connectivity index (χ4v) is 7.55. The largest absolute Gasteiger partial charge is 0.307 e. The maximum absolute atomic E-state index is 5.05. The molecule has 9 aromatic rings. The van der Waals surface area contributed by atoms with Crippen LogP contribution in [0, 0.1) is 0 Å². The van der Waals surface area contributed by atoms with E-state index in [2.05, 4.69) is 120 Å². The van der Waals surface area contributed by atoms with Crippen LogP contribution in [0.4, 0.5) is 0 Å². The average molecular weight is 580 g/mol. The fourth-order valence-electron chi connectivity index (χ4n) is 6.34. The molecule has 0 aliphatic carbocycles. The van der Waals surface area contributed by atoms with Gasteiger partial charge in [0, 0.05) is 43.2 Å². The Bertz CT molecular complexity index is 2410. The standard InChI is InChI=1S/C40H25N3S/c1-3-12-27(13-4-1)34-25-35(28-14-5-2-6-15-28)42-40(41-34)29-19-22-30(23-20-29)43-37-31-16-8-7-11-26(31)21-24-33(37)39-38(43)32-17-9-10-18-36(32)44-39/h1-25H. The average Bonchev–Trinajstić information content (AvgIpc) is 3.64. The lowest BCUT2D eigenvalue weighted by Crippen LogP contribution is -1.97. The lowest BCUT2D eigenvalue weighted by Gasteiger charge is -2.12. The van der Waals surface area contributed by atoms with E-state index in [-0.39, 0.29) is 0 Å². The molecule has 3 nitrogen and oxygen atoms in total. The van der Waals surface area contributed by atoms with Crippen molar-refractivity contribution in [3.63, 3.8) is 0 Å². The second-order valence-electron chi connectivity index (χ2n) is 11.0. The Kier molecular flexibility index (Phi) is 5.68. The molecule has 9 rings (SSSR count). The molecule has 0 bridgehead atoms. The molecule has 4 heteroatoms. The van der Waals surface area contributed by atoms with Crippen molar-refractivity contribution in [3.8, 4) is 39.6 Å². The van der Waals surface area contributed by atoms with Crippen LogP contribution in [0.5, 0.6) is 0 Å². The number of nitrogens with zero attached hydrogens (tertiary/aromatic N) is 3. The lowest BCUT2D eigenvalue weighted by molar-refractivity contribution is 1.17. The van der Waals surface area contributed by atoms with Gasteiger partial charge in [-0.2, -0.15) is 0 Å². The summed E-state index contributed by atoms with van der Waals surface area (Å²) < 4.78 is 5.08. The highest BCUT2D eigenvalue weighted by Crippen LogP contribution is 2.44. The number of fused-ring (bicyclic) bond motifs is 7. The first-order valence-corrected chi connectivity index (χ1v) is 15.6. The highest BCUT2D eigenvalue weighted by atomic mass is 32.1. The van der Waals surface area contributed by atoms with Crippen molar-refractivity contribution in [2.24, 2.45) is 0 Å². The zero-order valence-electron chi connectivity index (χ0n) is 23.7. The van der Waals surface area contributed by atoms with Crippen molar-refractivity contribution in [2.75, 3.05) is 0 Å². The van der Waals surface area contributed by atoms with Crippen LogP contribution in [-0.4, -0.2) is 14.5 Å². The van der Waals surface area contributed by atoms with Gasteiger partial charge in [0.2, 0.25) is 0 Å². The molecule has 0 fully saturated rings. The minimum atomic E-state index is 0.714. The summed E-state index contributed by atoms with van der Waals surface area (Å²) in [5, 5.41) is 5.07. The van der Waals surface area contributed by atoms with Crippen LogP contribution >= 0.6 is 11.3 Å². The Balaban J connectivity index is 1.26. The Labute approximate surface area is 258 Å². The van der Waals surface area contributed by atoms with Crippen molar-refractivity contribution < 1.29 is 0 Å². The molecule has 206 valence electrons. The molecule has 3 heterocycles. The van der Waals surface area contributed by atoms with Crippen LogP contribution in [0.2, 0.25) is 0 Å². The van der Waals surface area contributed by atoms with E-state index in [1.165, 1.54) is 42.0 Å². The van der Waals surface area contributed by atoms with Crippen molar-refractivity contribution >= 4 is 53.3 Å². The Morgan fingerprint density at radius 3 is 1.77 bits per heavy atom. The summed E-state index contributed by atoms with van der Waals surface area (Å²) in [7, 11) is 0. The van der Waals surface area contributed by atoms with E-state index in [9.17, 15) is 0 Å². The number of rotatable bonds is 4. The summed E-state index contributed by atoms with van der Waals surface area (Å²) in [6.07, 6.45) is 0. The van der Waals surface area contributed by atoms with Crippen LogP contribution in [0.15, 0.2) is 152 Å². The molecule has 44 heavy (non-hydrogen) atoms. The van der Waals surface area contributed by atoms with Gasteiger partial charge in [0.25, 0.3) is 0 Å². The smallest absolute Gasteiger partial charge is 0.160 e. The normalized spacial score (nSPS) is 11.6. The fraction of sp³-hybridized carbons (Fsp3) is 0. The van der Waals surface area contributed by atoms with E-state index < -0.39 is 0 Å². The quantitative estimate of drug-likeness (QED) is 0.208. The molecule has 0 unspecified atom stereocenters. The van der Waals surface area contributed by atoms with E-state index in [4.69, 9.17) is 9.97 Å². The zero-order chi connectivity index (χ0) is 29.0. The van der Waals surface area contributed by atoms with Gasteiger partial charge in [0.1, 0.15) is 0 Å². The first-order valence-electron chi connectivity index (χ1n) is 14.8. The molecular weight excluding hydrogens is 555 g/mol. The lowest BCUT2D eigenvalue weighted by atomic mass is 10.1. The van der Waals surface area contributed by atoms with Crippen molar-refractivity contribution in [1.29, 1.82) is 0 Å². The van der Waals surface area contributed by atoms with Crippen LogP contribution in [0.3, 0.4) is 0 Å². The molecule has 0 amide bonds. The Morgan fingerprint density at radius 1 is 0.455 bits per heavy atom. The third-order valence-electron chi connectivity index (χ3n) is 8.41. The number of thiophene rings is 1. The van der Waals surface area contributed by atoms with Crippen molar-refractivity contribution in [3.05, 3.63) is 152 Å². The third kappa shape index (κ3) is 3.96. The van der Waals surface area contributed by atoms with Crippen LogP contribution < -0.4 is 0 Å². The van der Waals surface area contributed by atoms with Gasteiger partial charge in [0.05, 0.1) is 27.1 Å². The minimum absolute atomic E-state index is 0.714. The summed E-state index contributed by atoms with van der Waals surface area (Å²) in [6, 6.07) is 53.4. The van der Waals surface area contributed by atoms with E-state index in [1.54, 1.807) is 0 Å². The molecule has 6 aromatic carbocycles. The molecule has 0 saturated heterocycles. The van der Waals surface area contributed by atoms with E-state index in [0.717, 1.165) is 33.8 Å². The van der Waals surface area contributed by atoms with Crippen LogP contribution in [0.25, 0.3) is 81.6 Å². The monoisotopic (exact) mass is 579 g/mol. The molecule has 0 atom stereocenters. The maximum atomic E-state index is 5.05. The van der Waals surface area contributed by atoms with Crippen molar-refractivity contribution in [1.82, 2.24) is 14.5 Å². The molecule has 0 radical (unpaired) electrons. The summed E-state index contributed by atoms with van der Waals surface area (Å²) in [5.41, 5.74) is 8.58. The number of benzene rings is 6. The predicted octanol–water partition coefficient (Wildman–Crippen LogP) is 10.9. The second-order valence-corrected chi connectivity index (χ2v) is 12.1. The molecule has 3 aromatic heterocycles. The molecule has 0 aliphatic rings. The highest BCUT2D eigenvalue weighted by Gasteiger charge is 2.20. The van der Waals surface area contributed by atoms with E-state index in [0.29, 0.717) is 5.82 Å². The van der Waals surface area contributed by atoms with Crippen LogP contribution in [0.1, 0.15) is 0 Å². The molecule has 0 saturated carbocycles. The van der Waals surface area contributed by atoms with Gasteiger partial charge >= 0.3 is 0 Å². The summed E-state index contributed by atoms with van der Waals surface area (Å²) in [4.78, 5) is 10.1. The third-order valence-corrected chi connectivity index (χ3v) is 9.60. The maximum Gasteiger partial charge on any atom is 0.160 e. The summed E-state index contributed by atoms with van der Waals surface area (Å²) >= 11 is 1.87. The zero-order valence-corrected chi connectivity index (χ0v) is 24.5. The van der Waals surface area contributed by atoms with Gasteiger partial charge in [0.15, 0.2) is 5.82 Å². The predicted molar refractivity (Wildman–Crippen MR) is 186 cm³/mol.